The van der Waals surface area contributed by atoms with Crippen LogP contribution in [0.5, 0.6) is 0 Å². The normalized spacial score (nSPS) is 18.0. The molecule has 2 saturated heterocycles. The smallest absolute Gasteiger partial charge is 0.337 e. The maximum absolute atomic E-state index is 12.5. The highest BCUT2D eigenvalue weighted by Gasteiger charge is 2.27. The summed E-state index contributed by atoms with van der Waals surface area (Å²) in [6.45, 7) is 6.04. The third kappa shape index (κ3) is 5.07. The van der Waals surface area contributed by atoms with E-state index in [9.17, 15) is 14.7 Å². The number of carboxylic acids is 1. The fraction of sp³-hybridized carbons (Fsp3) is 0.440. The first-order valence-corrected chi connectivity index (χ1v) is 11.3. The summed E-state index contributed by atoms with van der Waals surface area (Å²) in [4.78, 5) is 29.3. The second kappa shape index (κ2) is 9.52. The number of amides is 1. The standard InChI is InChI=1S/C25H31N3O3/c1-18-6-5-7-19(16-18)24(29)26-20-8-9-23(22(17-20)25(30)31)28-14-10-21(11-15-28)27-12-3-2-4-13-27/h5-9,16-17,21H,2-4,10-15H2,1H3,(H,26,29)(H,30,31). The van der Waals surface area contributed by atoms with Gasteiger partial charge in [0.2, 0.25) is 0 Å². The molecule has 0 spiro atoms. The number of carbonyl (C=O) groups is 2. The maximum atomic E-state index is 12.5. The highest BCUT2D eigenvalue weighted by molar-refractivity contribution is 6.05. The van der Waals surface area contributed by atoms with E-state index in [1.807, 2.05) is 31.2 Å². The van der Waals surface area contributed by atoms with Gasteiger partial charge in [-0.25, -0.2) is 4.79 Å². The van der Waals surface area contributed by atoms with Gasteiger partial charge in [-0.2, -0.15) is 0 Å². The zero-order chi connectivity index (χ0) is 21.8. The Bertz CT molecular complexity index is 945. The molecular weight excluding hydrogens is 390 g/mol. The van der Waals surface area contributed by atoms with Crippen LogP contribution >= 0.6 is 0 Å². The number of nitrogens with zero attached hydrogens (tertiary/aromatic N) is 2. The summed E-state index contributed by atoms with van der Waals surface area (Å²) in [6, 6.07) is 13.1. The zero-order valence-corrected chi connectivity index (χ0v) is 18.1. The van der Waals surface area contributed by atoms with E-state index in [4.69, 9.17) is 0 Å². The molecule has 4 rings (SSSR count). The number of nitrogens with one attached hydrogen (secondary N) is 1. The number of hydrogen-bond acceptors (Lipinski definition) is 4. The molecule has 2 aliphatic rings. The number of likely N-dealkylation sites (tertiary alicyclic amines) is 1. The summed E-state index contributed by atoms with van der Waals surface area (Å²) in [5.41, 5.74) is 3.02. The van der Waals surface area contributed by atoms with Gasteiger partial charge in [-0.3, -0.25) is 4.79 Å². The van der Waals surface area contributed by atoms with Crippen molar-refractivity contribution < 1.29 is 14.7 Å². The largest absolute Gasteiger partial charge is 0.478 e. The fourth-order valence-corrected chi connectivity index (χ4v) is 4.81. The third-order valence-corrected chi connectivity index (χ3v) is 6.48. The number of aromatic carboxylic acids is 1. The third-order valence-electron chi connectivity index (χ3n) is 6.48. The van der Waals surface area contributed by atoms with Gasteiger partial charge >= 0.3 is 5.97 Å². The Kier molecular flexibility index (Phi) is 6.56. The van der Waals surface area contributed by atoms with E-state index in [0.717, 1.165) is 37.2 Å². The molecule has 0 bridgehead atoms. The van der Waals surface area contributed by atoms with E-state index in [2.05, 4.69) is 15.1 Å². The van der Waals surface area contributed by atoms with Gasteiger partial charge in [-0.1, -0.05) is 24.1 Å². The molecule has 0 aromatic heterocycles. The van der Waals surface area contributed by atoms with Gasteiger partial charge in [-0.15, -0.1) is 0 Å². The number of hydrogen-bond donors (Lipinski definition) is 2. The molecule has 2 aliphatic heterocycles. The molecule has 0 aliphatic carbocycles. The van der Waals surface area contributed by atoms with Crippen LogP contribution in [0.15, 0.2) is 42.5 Å². The lowest BCUT2D eigenvalue weighted by atomic mass is 9.98. The average molecular weight is 422 g/mol. The average Bonchev–Trinajstić information content (AvgIpc) is 2.80. The van der Waals surface area contributed by atoms with Crippen LogP contribution in [0.3, 0.4) is 0 Å². The molecule has 2 aromatic carbocycles. The van der Waals surface area contributed by atoms with Crippen LogP contribution in [0.1, 0.15) is 58.4 Å². The topological polar surface area (TPSA) is 72.9 Å². The minimum Gasteiger partial charge on any atom is -0.478 e. The molecule has 1 amide bonds. The summed E-state index contributed by atoms with van der Waals surface area (Å²) >= 11 is 0. The second-order valence-electron chi connectivity index (χ2n) is 8.68. The molecule has 31 heavy (non-hydrogen) atoms. The molecule has 6 nitrogen and oxygen atoms in total. The number of anilines is 2. The van der Waals surface area contributed by atoms with Crippen molar-refractivity contribution >= 4 is 23.3 Å². The lowest BCUT2D eigenvalue weighted by Gasteiger charge is -2.41. The Labute approximate surface area is 183 Å². The molecule has 2 fully saturated rings. The van der Waals surface area contributed by atoms with Crippen molar-refractivity contribution in [1.82, 2.24) is 4.90 Å². The van der Waals surface area contributed by atoms with Gasteiger partial charge in [0.25, 0.3) is 5.91 Å². The van der Waals surface area contributed by atoms with E-state index in [1.165, 1.54) is 32.4 Å². The highest BCUT2D eigenvalue weighted by Crippen LogP contribution is 2.29. The second-order valence-corrected chi connectivity index (χ2v) is 8.68. The van der Waals surface area contributed by atoms with Crippen molar-refractivity contribution in [2.75, 3.05) is 36.4 Å². The highest BCUT2D eigenvalue weighted by atomic mass is 16.4. The Morgan fingerprint density at radius 2 is 1.71 bits per heavy atom. The van der Waals surface area contributed by atoms with Gasteiger partial charge in [0.05, 0.1) is 11.3 Å². The summed E-state index contributed by atoms with van der Waals surface area (Å²) in [5.74, 6) is -1.21. The fourth-order valence-electron chi connectivity index (χ4n) is 4.81. The first-order chi connectivity index (χ1) is 15.0. The molecule has 164 valence electrons. The SMILES string of the molecule is Cc1cccc(C(=O)Nc2ccc(N3CCC(N4CCCCC4)CC3)c(C(=O)O)c2)c1. The Balaban J connectivity index is 1.45. The number of piperidine rings is 2. The molecule has 0 saturated carbocycles. The lowest BCUT2D eigenvalue weighted by Crippen LogP contribution is -2.47. The van der Waals surface area contributed by atoms with E-state index in [1.54, 1.807) is 18.2 Å². The van der Waals surface area contributed by atoms with E-state index in [0.29, 0.717) is 17.3 Å². The first-order valence-electron chi connectivity index (χ1n) is 11.3. The molecule has 0 radical (unpaired) electrons. The number of benzene rings is 2. The van der Waals surface area contributed by atoms with E-state index >= 15 is 0 Å². The predicted octanol–water partition coefficient (Wildman–Crippen LogP) is 4.40. The van der Waals surface area contributed by atoms with Crippen molar-refractivity contribution in [1.29, 1.82) is 0 Å². The van der Waals surface area contributed by atoms with Crippen molar-refractivity contribution in [2.24, 2.45) is 0 Å². The minimum absolute atomic E-state index is 0.235. The van der Waals surface area contributed by atoms with Gasteiger partial charge < -0.3 is 20.2 Å². The van der Waals surface area contributed by atoms with Gasteiger partial charge in [0.1, 0.15) is 0 Å². The van der Waals surface area contributed by atoms with Gasteiger partial charge in [0, 0.05) is 30.4 Å². The maximum Gasteiger partial charge on any atom is 0.337 e. The number of rotatable bonds is 5. The van der Waals surface area contributed by atoms with Crippen molar-refractivity contribution in [3.05, 3.63) is 59.2 Å². The molecule has 2 heterocycles. The Morgan fingerprint density at radius 1 is 0.968 bits per heavy atom. The van der Waals surface area contributed by atoms with Gasteiger partial charge in [0.15, 0.2) is 0 Å². The number of carbonyl (C=O) groups excluding carboxylic acids is 1. The van der Waals surface area contributed by atoms with Crippen LogP contribution in [0.25, 0.3) is 0 Å². The molecule has 2 aromatic rings. The van der Waals surface area contributed by atoms with Crippen LogP contribution in [0, 0.1) is 6.92 Å². The quantitative estimate of drug-likeness (QED) is 0.749. The first kappa shape index (κ1) is 21.4. The summed E-state index contributed by atoms with van der Waals surface area (Å²) in [7, 11) is 0. The van der Waals surface area contributed by atoms with Crippen LogP contribution in [-0.4, -0.2) is 54.1 Å². The summed E-state index contributed by atoms with van der Waals surface area (Å²) in [6.07, 6.45) is 6.04. The molecular formula is C25H31N3O3. The zero-order valence-electron chi connectivity index (χ0n) is 18.1. The van der Waals surface area contributed by atoms with Crippen molar-refractivity contribution in [2.45, 2.75) is 45.1 Å². The molecule has 2 N–H and O–H groups in total. The van der Waals surface area contributed by atoms with Crippen molar-refractivity contribution in [3.8, 4) is 0 Å². The molecule has 6 heteroatoms. The summed E-state index contributed by atoms with van der Waals surface area (Å²) in [5, 5.41) is 12.6. The van der Waals surface area contributed by atoms with Gasteiger partial charge in [-0.05, 0) is 76.0 Å². The predicted molar refractivity (Wildman–Crippen MR) is 123 cm³/mol. The van der Waals surface area contributed by atoms with Crippen LogP contribution in [0.4, 0.5) is 11.4 Å². The lowest BCUT2D eigenvalue weighted by molar-refractivity contribution is 0.0697. The summed E-state index contributed by atoms with van der Waals surface area (Å²) < 4.78 is 0. The Morgan fingerprint density at radius 3 is 2.39 bits per heavy atom. The van der Waals surface area contributed by atoms with Crippen molar-refractivity contribution in [3.63, 3.8) is 0 Å². The number of carboxylic acid groups (broad SMARTS) is 1. The van der Waals surface area contributed by atoms with Crippen LogP contribution in [-0.2, 0) is 0 Å². The van der Waals surface area contributed by atoms with E-state index < -0.39 is 5.97 Å². The van der Waals surface area contributed by atoms with Crippen LogP contribution < -0.4 is 10.2 Å². The molecule has 0 unspecified atom stereocenters. The minimum atomic E-state index is -0.972. The van der Waals surface area contributed by atoms with Crippen LogP contribution in [0.2, 0.25) is 0 Å². The monoisotopic (exact) mass is 421 g/mol. The molecule has 0 atom stereocenters. The Hall–Kier alpha value is -2.86. The van der Waals surface area contributed by atoms with E-state index in [-0.39, 0.29) is 11.5 Å². The number of aryl methyl sites for hydroxylation is 1.